The van der Waals surface area contributed by atoms with Crippen LogP contribution in [0.4, 0.5) is 10.1 Å². The maximum absolute atomic E-state index is 13.4. The SMILES string of the molecule is CC(O)c1cc(F)ccc1N1CCCN(CCO)CC1. The molecule has 0 amide bonds. The minimum Gasteiger partial charge on any atom is -0.395 e. The molecular formula is C15H23FN2O2. The van der Waals surface area contributed by atoms with Gasteiger partial charge in [0.15, 0.2) is 0 Å². The molecule has 5 heteroatoms. The van der Waals surface area contributed by atoms with Crippen molar-refractivity contribution in [1.29, 1.82) is 0 Å². The highest BCUT2D eigenvalue weighted by Crippen LogP contribution is 2.28. The van der Waals surface area contributed by atoms with Crippen LogP contribution in [-0.4, -0.2) is 54.4 Å². The summed E-state index contributed by atoms with van der Waals surface area (Å²) in [6, 6.07) is 4.60. The fraction of sp³-hybridized carbons (Fsp3) is 0.600. The van der Waals surface area contributed by atoms with Crippen LogP contribution in [0.15, 0.2) is 18.2 Å². The van der Waals surface area contributed by atoms with Crippen molar-refractivity contribution in [2.24, 2.45) is 0 Å². The average molecular weight is 282 g/mol. The lowest BCUT2D eigenvalue weighted by Crippen LogP contribution is -2.32. The highest BCUT2D eigenvalue weighted by atomic mass is 19.1. The molecule has 2 N–H and O–H groups in total. The molecule has 112 valence electrons. The van der Waals surface area contributed by atoms with E-state index in [1.54, 1.807) is 13.0 Å². The lowest BCUT2D eigenvalue weighted by atomic mass is 10.1. The van der Waals surface area contributed by atoms with Crippen molar-refractivity contribution in [2.75, 3.05) is 44.2 Å². The average Bonchev–Trinajstić information content (AvgIpc) is 2.65. The number of β-amino-alcohol motifs (C(OH)–C–C–N with tert-alkyl or cyclic N) is 1. The summed E-state index contributed by atoms with van der Waals surface area (Å²) in [6.07, 6.45) is 0.314. The minimum absolute atomic E-state index is 0.176. The Morgan fingerprint density at radius 3 is 2.75 bits per heavy atom. The Hall–Kier alpha value is -1.17. The molecule has 0 bridgehead atoms. The van der Waals surface area contributed by atoms with Crippen LogP contribution in [0.25, 0.3) is 0 Å². The third-order valence-corrected chi connectivity index (χ3v) is 3.79. The maximum Gasteiger partial charge on any atom is 0.123 e. The first kappa shape index (κ1) is 15.2. The Balaban J connectivity index is 2.15. The molecule has 1 aliphatic heterocycles. The normalized spacial score (nSPS) is 18.9. The summed E-state index contributed by atoms with van der Waals surface area (Å²) in [4.78, 5) is 4.42. The topological polar surface area (TPSA) is 46.9 Å². The van der Waals surface area contributed by atoms with E-state index in [-0.39, 0.29) is 12.4 Å². The first-order valence-electron chi connectivity index (χ1n) is 7.17. The van der Waals surface area contributed by atoms with Gasteiger partial charge in [-0.3, -0.25) is 4.90 Å². The molecule has 0 spiro atoms. The molecule has 1 aliphatic rings. The summed E-state index contributed by atoms with van der Waals surface area (Å²) < 4.78 is 13.4. The number of aliphatic hydroxyl groups is 2. The number of halogens is 1. The van der Waals surface area contributed by atoms with Gasteiger partial charge in [0, 0.05) is 37.4 Å². The van der Waals surface area contributed by atoms with Gasteiger partial charge in [0.25, 0.3) is 0 Å². The van der Waals surface area contributed by atoms with Gasteiger partial charge in [0.2, 0.25) is 0 Å². The van der Waals surface area contributed by atoms with Gasteiger partial charge in [-0.15, -0.1) is 0 Å². The van der Waals surface area contributed by atoms with Crippen molar-refractivity contribution < 1.29 is 14.6 Å². The molecule has 1 fully saturated rings. The van der Waals surface area contributed by atoms with Gasteiger partial charge in [0.05, 0.1) is 12.7 Å². The van der Waals surface area contributed by atoms with Crippen LogP contribution in [0.1, 0.15) is 25.0 Å². The molecule has 1 heterocycles. The molecule has 0 aromatic heterocycles. The van der Waals surface area contributed by atoms with Gasteiger partial charge in [-0.05, 0) is 38.1 Å². The van der Waals surface area contributed by atoms with E-state index in [4.69, 9.17) is 5.11 Å². The standard InChI is InChI=1S/C15H23FN2O2/c1-12(20)14-11-13(16)3-4-15(14)18-6-2-5-17(7-8-18)9-10-19/h3-4,11-12,19-20H,2,5-10H2,1H3. The molecule has 0 aliphatic carbocycles. The van der Waals surface area contributed by atoms with E-state index in [2.05, 4.69) is 9.80 Å². The van der Waals surface area contributed by atoms with Crippen LogP contribution in [0.5, 0.6) is 0 Å². The number of rotatable bonds is 4. The zero-order valence-electron chi connectivity index (χ0n) is 11.9. The molecule has 1 aromatic carbocycles. The summed E-state index contributed by atoms with van der Waals surface area (Å²) >= 11 is 0. The van der Waals surface area contributed by atoms with Crippen LogP contribution in [-0.2, 0) is 0 Å². The molecule has 1 aromatic rings. The van der Waals surface area contributed by atoms with Gasteiger partial charge in [0.1, 0.15) is 5.82 Å². The van der Waals surface area contributed by atoms with E-state index in [1.165, 1.54) is 12.1 Å². The van der Waals surface area contributed by atoms with Gasteiger partial charge in [-0.2, -0.15) is 0 Å². The van der Waals surface area contributed by atoms with Gasteiger partial charge in [-0.1, -0.05) is 0 Å². The third kappa shape index (κ3) is 3.69. The van der Waals surface area contributed by atoms with Crippen LogP contribution in [0.3, 0.4) is 0 Å². The Labute approximate surface area is 119 Å². The Morgan fingerprint density at radius 1 is 1.25 bits per heavy atom. The highest BCUT2D eigenvalue weighted by molar-refractivity contribution is 5.55. The molecular weight excluding hydrogens is 259 g/mol. The molecule has 0 saturated carbocycles. The van der Waals surface area contributed by atoms with E-state index < -0.39 is 6.10 Å². The molecule has 1 unspecified atom stereocenters. The van der Waals surface area contributed by atoms with Crippen molar-refractivity contribution in [3.05, 3.63) is 29.6 Å². The van der Waals surface area contributed by atoms with E-state index in [1.807, 2.05) is 0 Å². The summed E-state index contributed by atoms with van der Waals surface area (Å²) in [5.41, 5.74) is 1.55. The zero-order chi connectivity index (χ0) is 14.5. The first-order chi connectivity index (χ1) is 9.61. The molecule has 0 radical (unpaired) electrons. The Bertz CT molecular complexity index is 440. The van der Waals surface area contributed by atoms with Crippen LogP contribution in [0.2, 0.25) is 0 Å². The number of hydrogen-bond acceptors (Lipinski definition) is 4. The molecule has 20 heavy (non-hydrogen) atoms. The largest absolute Gasteiger partial charge is 0.395 e. The predicted molar refractivity (Wildman–Crippen MR) is 77.4 cm³/mol. The summed E-state index contributed by atoms with van der Waals surface area (Å²) in [6.45, 7) is 6.07. The number of benzene rings is 1. The zero-order valence-corrected chi connectivity index (χ0v) is 11.9. The fourth-order valence-electron chi connectivity index (χ4n) is 2.72. The second-order valence-corrected chi connectivity index (χ2v) is 5.28. The Kier molecular flexibility index (Phi) is 5.34. The molecule has 4 nitrogen and oxygen atoms in total. The van der Waals surface area contributed by atoms with Gasteiger partial charge >= 0.3 is 0 Å². The quantitative estimate of drug-likeness (QED) is 0.876. The lowest BCUT2D eigenvalue weighted by Gasteiger charge is -2.26. The summed E-state index contributed by atoms with van der Waals surface area (Å²) in [7, 11) is 0. The smallest absolute Gasteiger partial charge is 0.123 e. The molecule has 2 rings (SSSR count). The van der Waals surface area contributed by atoms with Crippen LogP contribution in [0, 0.1) is 5.82 Å². The van der Waals surface area contributed by atoms with E-state index in [9.17, 15) is 9.50 Å². The lowest BCUT2D eigenvalue weighted by molar-refractivity contribution is 0.199. The second kappa shape index (κ2) is 7.02. The first-order valence-corrected chi connectivity index (χ1v) is 7.17. The monoisotopic (exact) mass is 282 g/mol. The van der Waals surface area contributed by atoms with Crippen molar-refractivity contribution in [2.45, 2.75) is 19.4 Å². The minimum atomic E-state index is -0.683. The van der Waals surface area contributed by atoms with Crippen LogP contribution < -0.4 is 4.90 Å². The predicted octanol–water partition coefficient (Wildman–Crippen LogP) is 1.38. The van der Waals surface area contributed by atoms with Crippen molar-refractivity contribution in [3.8, 4) is 0 Å². The number of hydrogen-bond donors (Lipinski definition) is 2. The molecule has 1 saturated heterocycles. The fourth-order valence-corrected chi connectivity index (χ4v) is 2.72. The van der Waals surface area contributed by atoms with E-state index in [0.29, 0.717) is 12.1 Å². The van der Waals surface area contributed by atoms with E-state index in [0.717, 1.165) is 38.3 Å². The molecule has 1 atom stereocenters. The third-order valence-electron chi connectivity index (χ3n) is 3.79. The van der Waals surface area contributed by atoms with E-state index >= 15 is 0 Å². The van der Waals surface area contributed by atoms with Crippen LogP contribution >= 0.6 is 0 Å². The van der Waals surface area contributed by atoms with Crippen molar-refractivity contribution >= 4 is 5.69 Å². The van der Waals surface area contributed by atoms with Crippen molar-refractivity contribution in [1.82, 2.24) is 4.90 Å². The number of anilines is 1. The number of aliphatic hydroxyl groups excluding tert-OH is 2. The number of nitrogens with zero attached hydrogens (tertiary/aromatic N) is 2. The van der Waals surface area contributed by atoms with Gasteiger partial charge in [-0.25, -0.2) is 4.39 Å². The maximum atomic E-state index is 13.4. The Morgan fingerprint density at radius 2 is 2.05 bits per heavy atom. The second-order valence-electron chi connectivity index (χ2n) is 5.28. The summed E-state index contributed by atoms with van der Waals surface area (Å²) in [5, 5.41) is 18.8. The van der Waals surface area contributed by atoms with Crippen molar-refractivity contribution in [3.63, 3.8) is 0 Å². The van der Waals surface area contributed by atoms with Gasteiger partial charge < -0.3 is 15.1 Å². The highest BCUT2D eigenvalue weighted by Gasteiger charge is 2.19. The summed E-state index contributed by atoms with van der Waals surface area (Å²) in [5.74, 6) is -0.318.